The van der Waals surface area contributed by atoms with Gasteiger partial charge >= 0.3 is 8.80 Å². The maximum Gasteiger partial charge on any atom is 0.501 e. The fourth-order valence-corrected chi connectivity index (χ4v) is 5.08. The maximum absolute atomic E-state index is 5.96. The second-order valence-electron chi connectivity index (χ2n) is 5.17. The third-order valence-electron chi connectivity index (χ3n) is 3.63. The second kappa shape index (κ2) is 10.7. The Kier molecular flexibility index (Phi) is 9.71. The molecule has 0 radical (unpaired) electrons. The average molecular weight is 321 g/mol. The fraction of sp³-hybridized carbons (Fsp3) is 1.00. The van der Waals surface area contributed by atoms with E-state index in [0.717, 1.165) is 31.9 Å². The Hall–Kier alpha value is 0.0169. The Balaban J connectivity index is 2.42. The zero-order valence-corrected chi connectivity index (χ0v) is 15.1. The SMILES string of the molecule is CCO[Si](CCC(CC)OCC1CCO1)(OCC)OCC. The molecule has 1 rings (SSSR count). The van der Waals surface area contributed by atoms with Crippen LogP contribution in [0.3, 0.4) is 0 Å². The lowest BCUT2D eigenvalue weighted by molar-refractivity contribution is -0.110. The van der Waals surface area contributed by atoms with Crippen molar-refractivity contribution < 1.29 is 22.8 Å². The van der Waals surface area contributed by atoms with E-state index in [9.17, 15) is 0 Å². The Morgan fingerprint density at radius 2 is 1.62 bits per heavy atom. The molecule has 0 aromatic carbocycles. The lowest BCUT2D eigenvalue weighted by Crippen LogP contribution is -2.46. The molecule has 0 bridgehead atoms. The first-order chi connectivity index (χ1) is 10.2. The second-order valence-corrected chi connectivity index (χ2v) is 7.90. The van der Waals surface area contributed by atoms with Gasteiger partial charge in [0.25, 0.3) is 0 Å². The van der Waals surface area contributed by atoms with E-state index in [1.807, 2.05) is 20.8 Å². The van der Waals surface area contributed by atoms with Crippen molar-refractivity contribution in [3.8, 4) is 0 Å². The number of rotatable bonds is 13. The van der Waals surface area contributed by atoms with Crippen LogP contribution in [-0.2, 0) is 22.8 Å². The van der Waals surface area contributed by atoms with Crippen molar-refractivity contribution in [1.82, 2.24) is 0 Å². The van der Waals surface area contributed by atoms with Crippen LogP contribution in [0.15, 0.2) is 0 Å². The zero-order valence-electron chi connectivity index (χ0n) is 14.1. The van der Waals surface area contributed by atoms with E-state index < -0.39 is 8.80 Å². The minimum Gasteiger partial charge on any atom is -0.376 e. The van der Waals surface area contributed by atoms with Crippen molar-refractivity contribution in [2.24, 2.45) is 0 Å². The van der Waals surface area contributed by atoms with Gasteiger partial charge in [-0.25, -0.2) is 0 Å². The predicted molar refractivity (Wildman–Crippen MR) is 84.4 cm³/mol. The van der Waals surface area contributed by atoms with Gasteiger partial charge in [-0.3, -0.25) is 0 Å². The van der Waals surface area contributed by atoms with E-state index in [1.165, 1.54) is 0 Å². The molecule has 0 aromatic heterocycles. The Labute approximate surface area is 130 Å². The van der Waals surface area contributed by atoms with Crippen LogP contribution < -0.4 is 0 Å². The van der Waals surface area contributed by atoms with Gasteiger partial charge in [-0.15, -0.1) is 0 Å². The summed E-state index contributed by atoms with van der Waals surface area (Å²) in [5.74, 6) is 0. The smallest absolute Gasteiger partial charge is 0.376 e. The van der Waals surface area contributed by atoms with Gasteiger partial charge in [-0.05, 0) is 40.0 Å². The van der Waals surface area contributed by atoms with Crippen molar-refractivity contribution in [2.45, 2.75) is 65.2 Å². The van der Waals surface area contributed by atoms with Gasteiger partial charge in [0.1, 0.15) is 0 Å². The molecule has 0 spiro atoms. The molecule has 1 heterocycles. The molecule has 21 heavy (non-hydrogen) atoms. The summed E-state index contributed by atoms with van der Waals surface area (Å²) >= 11 is 0. The van der Waals surface area contributed by atoms with Crippen molar-refractivity contribution in [2.75, 3.05) is 33.0 Å². The molecule has 0 N–H and O–H groups in total. The molecule has 6 heteroatoms. The van der Waals surface area contributed by atoms with Gasteiger partial charge < -0.3 is 22.8 Å². The van der Waals surface area contributed by atoms with Crippen molar-refractivity contribution in [3.05, 3.63) is 0 Å². The predicted octanol–water partition coefficient (Wildman–Crippen LogP) is 3.01. The van der Waals surface area contributed by atoms with Crippen molar-refractivity contribution in [1.29, 1.82) is 0 Å². The van der Waals surface area contributed by atoms with Crippen LogP contribution in [0.25, 0.3) is 0 Å². The lowest BCUT2D eigenvalue weighted by atomic mass is 10.2. The van der Waals surface area contributed by atoms with Gasteiger partial charge in [0.05, 0.1) is 18.8 Å². The van der Waals surface area contributed by atoms with E-state index in [-0.39, 0.29) is 6.10 Å². The summed E-state index contributed by atoms with van der Waals surface area (Å²) in [6.07, 6.45) is 3.54. The summed E-state index contributed by atoms with van der Waals surface area (Å²) < 4.78 is 29.0. The van der Waals surface area contributed by atoms with Gasteiger partial charge in [0.2, 0.25) is 0 Å². The van der Waals surface area contributed by atoms with Crippen LogP contribution in [0.4, 0.5) is 0 Å². The first kappa shape index (κ1) is 19.1. The molecule has 2 atom stereocenters. The molecule has 0 aromatic rings. The normalized spacial score (nSPS) is 20.3. The maximum atomic E-state index is 5.96. The van der Waals surface area contributed by atoms with Crippen LogP contribution in [0, 0.1) is 0 Å². The zero-order chi connectivity index (χ0) is 15.6. The third kappa shape index (κ3) is 6.75. The third-order valence-corrected chi connectivity index (χ3v) is 6.72. The summed E-state index contributed by atoms with van der Waals surface area (Å²) in [6.45, 7) is 11.6. The highest BCUT2D eigenvalue weighted by atomic mass is 28.4. The molecule has 5 nitrogen and oxygen atoms in total. The van der Waals surface area contributed by atoms with Crippen LogP contribution >= 0.6 is 0 Å². The molecule has 1 aliphatic heterocycles. The molecule has 1 aliphatic rings. The summed E-state index contributed by atoms with van der Waals surface area (Å²) in [4.78, 5) is 0. The molecule has 126 valence electrons. The quantitative estimate of drug-likeness (QED) is 0.488. The largest absolute Gasteiger partial charge is 0.501 e. The molecular formula is C15H32O5Si. The van der Waals surface area contributed by atoms with Gasteiger partial charge in [0.15, 0.2) is 0 Å². The molecule has 0 saturated carbocycles. The summed E-state index contributed by atoms with van der Waals surface area (Å²) in [7, 11) is -2.54. The first-order valence-corrected chi connectivity index (χ1v) is 10.3. The Bertz CT molecular complexity index is 243. The minimum absolute atomic E-state index is 0.224. The summed E-state index contributed by atoms with van der Waals surface area (Å²) in [5, 5.41) is 0. The molecule has 1 fully saturated rings. The van der Waals surface area contributed by atoms with Crippen LogP contribution in [0.2, 0.25) is 6.04 Å². The molecular weight excluding hydrogens is 288 g/mol. The molecule has 2 unspecified atom stereocenters. The fourth-order valence-electron chi connectivity index (χ4n) is 2.40. The van der Waals surface area contributed by atoms with E-state index in [0.29, 0.717) is 32.5 Å². The highest BCUT2D eigenvalue weighted by Gasteiger charge is 2.40. The van der Waals surface area contributed by atoms with E-state index >= 15 is 0 Å². The molecule has 1 saturated heterocycles. The van der Waals surface area contributed by atoms with Crippen LogP contribution in [0.5, 0.6) is 0 Å². The van der Waals surface area contributed by atoms with E-state index in [1.54, 1.807) is 0 Å². The van der Waals surface area contributed by atoms with Crippen LogP contribution in [-0.4, -0.2) is 54.0 Å². The number of hydrogen-bond donors (Lipinski definition) is 0. The number of hydrogen-bond acceptors (Lipinski definition) is 5. The molecule has 0 amide bonds. The monoisotopic (exact) mass is 320 g/mol. The van der Waals surface area contributed by atoms with Crippen molar-refractivity contribution in [3.63, 3.8) is 0 Å². The molecule has 0 aliphatic carbocycles. The van der Waals surface area contributed by atoms with E-state index in [2.05, 4.69) is 6.92 Å². The van der Waals surface area contributed by atoms with Crippen molar-refractivity contribution >= 4 is 8.80 Å². The minimum atomic E-state index is -2.54. The van der Waals surface area contributed by atoms with Gasteiger partial charge in [-0.1, -0.05) is 6.92 Å². The Morgan fingerprint density at radius 3 is 2.00 bits per heavy atom. The number of ether oxygens (including phenoxy) is 2. The Morgan fingerprint density at radius 1 is 1.05 bits per heavy atom. The topological polar surface area (TPSA) is 46.2 Å². The first-order valence-electron chi connectivity index (χ1n) is 8.34. The standard InChI is InChI=1S/C15H32O5Si/c1-5-14(17-13-15-9-11-16-15)10-12-21(18-6-2,19-7-3)20-8-4/h14-15H,5-13H2,1-4H3. The highest BCUT2D eigenvalue weighted by molar-refractivity contribution is 6.60. The van der Waals surface area contributed by atoms with E-state index in [4.69, 9.17) is 22.8 Å². The summed E-state index contributed by atoms with van der Waals surface area (Å²) in [5.41, 5.74) is 0. The summed E-state index contributed by atoms with van der Waals surface area (Å²) in [6, 6.07) is 0.812. The highest BCUT2D eigenvalue weighted by Crippen LogP contribution is 2.22. The van der Waals surface area contributed by atoms with Gasteiger partial charge in [0, 0.05) is 32.5 Å². The average Bonchev–Trinajstić information content (AvgIpc) is 2.41. The van der Waals surface area contributed by atoms with Gasteiger partial charge in [-0.2, -0.15) is 0 Å². The lowest BCUT2D eigenvalue weighted by Gasteiger charge is -2.31. The van der Waals surface area contributed by atoms with Crippen LogP contribution in [0.1, 0.15) is 47.0 Å².